The van der Waals surface area contributed by atoms with Crippen LogP contribution in [-0.2, 0) is 4.53 Å². The van der Waals surface area contributed by atoms with Gasteiger partial charge in [-0.25, -0.2) is 0 Å². The summed E-state index contributed by atoms with van der Waals surface area (Å²) in [5, 5.41) is 11.8. The number of rotatable bonds is 3. The topological polar surface area (TPSA) is 45.4 Å². The van der Waals surface area contributed by atoms with Crippen LogP contribution < -0.4 is 0 Å². The first-order valence-electron chi connectivity index (χ1n) is 3.32. The Morgan fingerprint density at radius 2 is 2.09 bits per heavy atom. The highest BCUT2D eigenvalue weighted by atomic mass is 28.4. The van der Waals surface area contributed by atoms with Crippen LogP contribution in [0, 0.1) is 11.3 Å². The second-order valence-corrected chi connectivity index (χ2v) is 7.35. The van der Waals surface area contributed by atoms with E-state index in [1.165, 1.54) is 12.3 Å². The van der Waals surface area contributed by atoms with Gasteiger partial charge in [-0.05, 0) is 25.7 Å². The third-order valence-corrected chi connectivity index (χ3v) is 1.30. The van der Waals surface area contributed by atoms with E-state index in [0.29, 0.717) is 0 Å². The molecule has 11 heavy (non-hydrogen) atoms. The van der Waals surface area contributed by atoms with Crippen LogP contribution in [0.25, 0.3) is 0 Å². The Morgan fingerprint density at radius 1 is 1.45 bits per heavy atom. The van der Waals surface area contributed by atoms with Gasteiger partial charge < -0.3 is 4.53 Å². The van der Waals surface area contributed by atoms with Gasteiger partial charge in [-0.1, -0.05) is 0 Å². The number of hydrogen-bond donors (Lipinski definition) is 0. The van der Waals surface area contributed by atoms with Gasteiger partial charge in [0, 0.05) is 6.08 Å². The van der Waals surface area contributed by atoms with Crippen molar-refractivity contribution in [1.82, 2.24) is 0 Å². The van der Waals surface area contributed by atoms with Crippen LogP contribution in [-0.4, -0.2) is 14.5 Å². The number of allylic oxidation sites excluding steroid dienone is 2. The highest BCUT2D eigenvalue weighted by molar-refractivity contribution is 6.69. The molecule has 0 unspecified atom stereocenters. The monoisotopic (exact) mass is 168 g/mol. The standard InChI is InChI=1S/C7H12N2OSi/c1-11(2,3)10-9-7-5-4-6-8/h4-5,7H,1-3H3/b5-4-,9-7+. The maximum absolute atomic E-state index is 8.09. The van der Waals surface area contributed by atoms with Gasteiger partial charge in [-0.2, -0.15) is 5.26 Å². The molecule has 0 aromatic heterocycles. The van der Waals surface area contributed by atoms with Gasteiger partial charge in [0.15, 0.2) is 0 Å². The van der Waals surface area contributed by atoms with E-state index in [9.17, 15) is 0 Å². The highest BCUT2D eigenvalue weighted by Crippen LogP contribution is 2.01. The second-order valence-electron chi connectivity index (χ2n) is 2.95. The molecule has 0 fully saturated rings. The van der Waals surface area contributed by atoms with Gasteiger partial charge in [0.1, 0.15) is 0 Å². The summed E-state index contributed by atoms with van der Waals surface area (Å²) in [6.45, 7) is 6.12. The Hall–Kier alpha value is -1.08. The molecule has 0 amide bonds. The first kappa shape index (κ1) is 9.92. The SMILES string of the molecule is C[Si](C)(C)O/N=C/C=C\C#N. The molecular weight excluding hydrogens is 156 g/mol. The van der Waals surface area contributed by atoms with Crippen molar-refractivity contribution in [2.45, 2.75) is 19.6 Å². The minimum atomic E-state index is -1.53. The third-order valence-electron chi connectivity index (χ3n) is 0.644. The molecule has 0 atom stereocenters. The maximum atomic E-state index is 8.09. The molecule has 4 heteroatoms. The van der Waals surface area contributed by atoms with Crippen molar-refractivity contribution in [3.8, 4) is 6.07 Å². The van der Waals surface area contributed by atoms with Crippen molar-refractivity contribution in [2.75, 3.05) is 0 Å². The lowest BCUT2D eigenvalue weighted by molar-refractivity contribution is 0.338. The molecule has 0 aliphatic heterocycles. The molecule has 0 N–H and O–H groups in total. The molecular formula is C7H12N2OSi. The largest absolute Gasteiger partial charge is 0.456 e. The van der Waals surface area contributed by atoms with E-state index in [1.807, 2.05) is 25.7 Å². The molecule has 3 nitrogen and oxygen atoms in total. The number of hydrogen-bond acceptors (Lipinski definition) is 3. The fourth-order valence-corrected chi connectivity index (χ4v) is 0.687. The molecule has 0 saturated heterocycles. The Kier molecular flexibility index (Phi) is 4.23. The third kappa shape index (κ3) is 8.92. The van der Waals surface area contributed by atoms with E-state index >= 15 is 0 Å². The summed E-state index contributed by atoms with van der Waals surface area (Å²) in [6.07, 6.45) is 4.36. The van der Waals surface area contributed by atoms with Gasteiger partial charge in [-0.3, -0.25) is 0 Å². The van der Waals surface area contributed by atoms with E-state index in [4.69, 9.17) is 9.79 Å². The lowest BCUT2D eigenvalue weighted by Crippen LogP contribution is -2.22. The molecule has 0 aliphatic rings. The average Bonchev–Trinajstić information content (AvgIpc) is 1.85. The van der Waals surface area contributed by atoms with Crippen LogP contribution in [0.15, 0.2) is 17.3 Å². The molecule has 0 rings (SSSR count). The smallest absolute Gasteiger partial charge is 0.278 e. The van der Waals surface area contributed by atoms with Gasteiger partial charge in [0.25, 0.3) is 8.32 Å². The summed E-state index contributed by atoms with van der Waals surface area (Å²) in [4.78, 5) is 0. The zero-order valence-electron chi connectivity index (χ0n) is 7.03. The lowest BCUT2D eigenvalue weighted by atomic mass is 10.6. The van der Waals surface area contributed by atoms with Crippen molar-refractivity contribution in [2.24, 2.45) is 5.16 Å². The summed E-state index contributed by atoms with van der Waals surface area (Å²) in [5.74, 6) is 0. The zero-order valence-corrected chi connectivity index (χ0v) is 8.03. The van der Waals surface area contributed by atoms with Gasteiger partial charge >= 0.3 is 0 Å². The quantitative estimate of drug-likeness (QED) is 0.279. The minimum absolute atomic E-state index is 1.34. The zero-order chi connectivity index (χ0) is 8.74. The van der Waals surface area contributed by atoms with Crippen LogP contribution in [0.3, 0.4) is 0 Å². The molecule has 0 heterocycles. The molecule has 0 spiro atoms. The molecule has 0 radical (unpaired) electrons. The summed E-state index contributed by atoms with van der Waals surface area (Å²) in [5.41, 5.74) is 0. The van der Waals surface area contributed by atoms with Crippen LogP contribution >= 0.6 is 0 Å². The summed E-state index contributed by atoms with van der Waals surface area (Å²) >= 11 is 0. The number of oxime groups is 1. The Morgan fingerprint density at radius 3 is 2.55 bits per heavy atom. The van der Waals surface area contributed by atoms with Gasteiger partial charge in [0.05, 0.1) is 12.3 Å². The van der Waals surface area contributed by atoms with E-state index in [1.54, 1.807) is 6.08 Å². The van der Waals surface area contributed by atoms with E-state index in [0.717, 1.165) is 0 Å². The van der Waals surface area contributed by atoms with Crippen molar-refractivity contribution >= 4 is 14.5 Å². The molecule has 0 bridgehead atoms. The van der Waals surface area contributed by atoms with E-state index in [2.05, 4.69) is 5.16 Å². The molecule has 0 aliphatic carbocycles. The first-order valence-corrected chi connectivity index (χ1v) is 6.73. The Bertz CT molecular complexity index is 197. The minimum Gasteiger partial charge on any atom is -0.456 e. The summed E-state index contributed by atoms with van der Waals surface area (Å²) in [7, 11) is -1.53. The van der Waals surface area contributed by atoms with Crippen LogP contribution in [0.5, 0.6) is 0 Å². The van der Waals surface area contributed by atoms with Crippen molar-refractivity contribution in [3.63, 3.8) is 0 Å². The van der Waals surface area contributed by atoms with Gasteiger partial charge in [-0.15, -0.1) is 5.16 Å². The van der Waals surface area contributed by atoms with Crippen LogP contribution in [0.4, 0.5) is 0 Å². The molecule has 60 valence electrons. The number of nitrogens with zero attached hydrogens (tertiary/aromatic N) is 2. The van der Waals surface area contributed by atoms with Crippen LogP contribution in [0.1, 0.15) is 0 Å². The predicted molar refractivity (Wildman–Crippen MR) is 47.7 cm³/mol. The fraction of sp³-hybridized carbons (Fsp3) is 0.429. The highest BCUT2D eigenvalue weighted by Gasteiger charge is 2.14. The van der Waals surface area contributed by atoms with Gasteiger partial charge in [0.2, 0.25) is 0 Å². The fourth-order valence-electron chi connectivity index (χ4n) is 0.310. The molecule has 0 saturated carbocycles. The molecule has 0 aromatic carbocycles. The second kappa shape index (κ2) is 4.69. The normalized spacial score (nSPS) is 12.2. The van der Waals surface area contributed by atoms with E-state index in [-0.39, 0.29) is 0 Å². The van der Waals surface area contributed by atoms with Crippen molar-refractivity contribution in [3.05, 3.63) is 12.2 Å². The summed E-state index contributed by atoms with van der Waals surface area (Å²) in [6, 6.07) is 1.85. The molecule has 0 aromatic rings. The Balaban J connectivity index is 3.64. The van der Waals surface area contributed by atoms with Crippen LogP contribution in [0.2, 0.25) is 19.6 Å². The van der Waals surface area contributed by atoms with E-state index < -0.39 is 8.32 Å². The van der Waals surface area contributed by atoms with Crippen molar-refractivity contribution < 1.29 is 4.53 Å². The summed E-state index contributed by atoms with van der Waals surface area (Å²) < 4.78 is 5.12. The van der Waals surface area contributed by atoms with Crippen molar-refractivity contribution in [1.29, 1.82) is 5.26 Å². The average molecular weight is 168 g/mol. The first-order chi connectivity index (χ1) is 5.06. The predicted octanol–water partition coefficient (Wildman–Crippen LogP) is 1.90. The lowest BCUT2D eigenvalue weighted by Gasteiger charge is -2.11. The maximum Gasteiger partial charge on any atom is 0.278 e. The Labute approximate surface area is 68.1 Å². The number of nitriles is 1.